The van der Waals surface area contributed by atoms with Gasteiger partial charge in [0, 0.05) is 44.3 Å². The van der Waals surface area contributed by atoms with Gasteiger partial charge >= 0.3 is 0 Å². The van der Waals surface area contributed by atoms with Crippen LogP contribution in [0, 0.1) is 18.5 Å². The summed E-state index contributed by atoms with van der Waals surface area (Å²) in [7, 11) is -13.8. The van der Waals surface area contributed by atoms with Gasteiger partial charge in [-0.05, 0) is 121 Å². The van der Waals surface area contributed by atoms with Gasteiger partial charge in [0.05, 0.1) is 70.2 Å². The van der Waals surface area contributed by atoms with E-state index < -0.39 is 321 Å². The van der Waals surface area contributed by atoms with E-state index in [2.05, 4.69) is 18.5 Å². The van der Waals surface area contributed by atoms with E-state index >= 15 is 0 Å². The summed E-state index contributed by atoms with van der Waals surface area (Å²) in [5.74, 6) is 0.463. The summed E-state index contributed by atoms with van der Waals surface area (Å²) < 4.78 is 394. The van der Waals surface area contributed by atoms with E-state index in [9.17, 15) is 45.2 Å². The van der Waals surface area contributed by atoms with Crippen molar-refractivity contribution in [1.29, 1.82) is 0 Å². The normalized spacial score (nSPS) is 17.5. The quantitative estimate of drug-likeness (QED) is 0.0444. The molecule has 488 valence electrons. The van der Waals surface area contributed by atoms with E-state index in [1.165, 1.54) is 73.9 Å². The molecule has 0 saturated carbocycles. The van der Waals surface area contributed by atoms with Gasteiger partial charge in [0.2, 0.25) is 0 Å². The number of ether oxygens (including phenoxy) is 1. The van der Waals surface area contributed by atoms with E-state index in [1.807, 2.05) is 61.7 Å². The van der Waals surface area contributed by atoms with Crippen LogP contribution in [0.3, 0.4) is 0 Å². The molecule has 0 saturated heterocycles. The molecule has 16 rings (SSSR count). The predicted octanol–water partition coefficient (Wildman–Crippen LogP) is 16.3. The molecule has 3 heterocycles. The smallest absolute Gasteiger partial charge is 0.268 e. The van der Waals surface area contributed by atoms with Crippen LogP contribution in [0.2, 0.25) is 0 Å². The number of fused-ring (bicyclic) bond motifs is 4. The molecule has 100 heavy (non-hydrogen) atoms. The molecular formula is C92H74N4OPtSi2-2. The number of nitrogens with zero attached hydrogens (tertiary/aromatic N) is 4. The summed E-state index contributed by atoms with van der Waals surface area (Å²) in [6, 6.07) is -16.9. The Kier molecular flexibility index (Phi) is 9.20. The van der Waals surface area contributed by atoms with Crippen molar-refractivity contribution in [3.05, 3.63) is 369 Å². The van der Waals surface area contributed by atoms with Gasteiger partial charge < -0.3 is 13.9 Å². The first-order chi connectivity index (χ1) is 64.5. The SMILES string of the molecule is [2H]c1c([2H])c([2H])c(-c2ccc3c(c2)n(-c2[c-]c(Oc4[c-]c5c(cc4)c4ccccc4n5-c4cc(C(C)(C)C)ccn4)ccc2)[c-][n+]3-c2c(-c3c([2H])c([2H])c([2H])c([Si](c4c([2H])c([2H])c([2H])c([2H])c4[2H])(c4c([2H])c([2H])c([2H])c([2H])c4[2H])c4c([2H])c([2H])c([2H])c([2H])c4[2H])c3[2H])cc(C(C)(C)C)cc2[Si](c2c([2H])c([2H])c([2H])c([2H])c2[2H])(c2c([2H])c([2H])c([2H])c([2H])c2[2H])c2c([2H])c([2H])c([2H])c([2H])c2[2H])c([2H])c1[2H].[Pt]. The average Bonchev–Trinajstić information content (AvgIpc) is 1.11. The molecule has 0 fully saturated rings. The number of hydrogen-bond donors (Lipinski definition) is 0. The molecule has 0 N–H and O–H groups in total. The molecule has 0 bridgehead atoms. The van der Waals surface area contributed by atoms with Crippen LogP contribution < -0.4 is 50.8 Å². The summed E-state index contributed by atoms with van der Waals surface area (Å²) in [6.07, 6.45) is 4.96. The Labute approximate surface area is 658 Å². The van der Waals surface area contributed by atoms with Gasteiger partial charge in [-0.1, -0.05) is 325 Å². The average molecular weight is 1540 g/mol. The molecule has 13 aromatic carbocycles. The first kappa shape index (κ1) is 34.3. The Hall–Kier alpha value is -10.8. The second-order valence-corrected chi connectivity index (χ2v) is 32.0. The Morgan fingerprint density at radius 2 is 0.950 bits per heavy atom. The Morgan fingerprint density at radius 1 is 0.430 bits per heavy atom. The summed E-state index contributed by atoms with van der Waals surface area (Å²) in [4.78, 5) is 4.82. The van der Waals surface area contributed by atoms with Crippen molar-refractivity contribution >= 4 is 90.5 Å². The van der Waals surface area contributed by atoms with E-state index in [4.69, 9.17) is 17.9 Å². The molecule has 3 aromatic heterocycles. The van der Waals surface area contributed by atoms with Crippen molar-refractivity contribution in [2.24, 2.45) is 0 Å². The maximum absolute atomic E-state index is 11.6. The molecule has 0 aliphatic heterocycles. The molecule has 0 unspecified atom stereocenters. The predicted molar refractivity (Wildman–Crippen MR) is 415 cm³/mol. The topological polar surface area (TPSA) is 35.9 Å². The van der Waals surface area contributed by atoms with Crippen molar-refractivity contribution < 1.29 is 83.8 Å². The van der Waals surface area contributed by atoms with Crippen LogP contribution in [0.25, 0.3) is 72.3 Å². The summed E-state index contributed by atoms with van der Waals surface area (Å²) >= 11 is 0. The summed E-state index contributed by atoms with van der Waals surface area (Å²) in [5.41, 5.74) is -4.38. The summed E-state index contributed by atoms with van der Waals surface area (Å²) in [6.45, 7) is 10.7. The molecular weight excluding hydrogens is 1430 g/mol. The van der Waals surface area contributed by atoms with Crippen molar-refractivity contribution in [2.45, 2.75) is 52.4 Å². The number of aromatic nitrogens is 4. The molecule has 0 spiro atoms. The third kappa shape index (κ3) is 11.6. The van der Waals surface area contributed by atoms with Gasteiger partial charge in [-0.3, -0.25) is 4.57 Å². The van der Waals surface area contributed by atoms with Gasteiger partial charge in [0.1, 0.15) is 5.82 Å². The number of rotatable bonds is 15. The van der Waals surface area contributed by atoms with Crippen LogP contribution >= 0.6 is 0 Å². The van der Waals surface area contributed by atoms with Crippen molar-refractivity contribution in [3.8, 4) is 50.9 Å². The first-order valence-electron chi connectivity index (χ1n) is 50.5. The first-order valence-corrected chi connectivity index (χ1v) is 35.0. The van der Waals surface area contributed by atoms with Gasteiger partial charge in [-0.2, -0.15) is 18.2 Å². The molecule has 0 atom stereocenters. The van der Waals surface area contributed by atoms with Crippen molar-refractivity contribution in [3.63, 3.8) is 0 Å². The van der Waals surface area contributed by atoms with Gasteiger partial charge in [0.25, 0.3) is 6.33 Å². The van der Waals surface area contributed by atoms with Gasteiger partial charge in [-0.15, -0.1) is 29.7 Å². The van der Waals surface area contributed by atoms with Crippen LogP contribution in [0.4, 0.5) is 0 Å². The minimum absolute atomic E-state index is 0. The number of para-hydroxylation sites is 1. The van der Waals surface area contributed by atoms with E-state index in [0.717, 1.165) is 26.4 Å². The minimum atomic E-state index is -6.91. The second-order valence-electron chi connectivity index (χ2n) is 25.0. The van der Waals surface area contributed by atoms with E-state index in [-0.39, 0.29) is 65.8 Å². The molecule has 0 aliphatic carbocycles. The fourth-order valence-electron chi connectivity index (χ4n) is 12.5. The van der Waals surface area contributed by atoms with Gasteiger partial charge in [0.15, 0.2) is 16.1 Å². The second kappa shape index (κ2) is 26.8. The van der Waals surface area contributed by atoms with E-state index in [0.29, 0.717) is 11.3 Å². The molecule has 0 aliphatic rings. The van der Waals surface area contributed by atoms with E-state index in [1.54, 1.807) is 18.3 Å². The van der Waals surface area contributed by atoms with Crippen LogP contribution in [0.1, 0.15) is 106 Å². The minimum Gasteiger partial charge on any atom is -0.510 e. The fourth-order valence-corrected chi connectivity index (χ4v) is 20.1. The van der Waals surface area contributed by atoms with Crippen molar-refractivity contribution in [1.82, 2.24) is 14.1 Å². The standard InChI is InChI=1S/C92H74N4OSi2.Pt/c1-91(2,3)69-56-57-93-89(62-69)96-84-51-29-28-50-81(84)82-54-53-73(64-86(82)96)97-72-36-31-35-71(63-72)94-65-95(85-55-52-67(59-87(85)94)66-32-14-7-15-33-66)90-83(68-34-30-49-80(58-68)98(74-37-16-8-17-38-74,75-39-18-9-19-40-75)76-41-20-10-21-42-76)60-70(92(4,5)6)61-88(90)99(77-43-22-11-23-44-77,78-45-24-12-25-46-78)79-47-26-13-27-48-79;/h7-62H,1-6H3;/q-2;/i7D,8D,9D,10D,11D,12D,13D,14D,15D,16D,17D,18D,19D,20D,21D,22D,23D,24D,25D,26D,27D,30D,32D,33D,34D,37D,38D,39D,40D,41D,42D,43D,44D,45D,46D,47D,48D,49D,58D;. The largest absolute Gasteiger partial charge is 0.510 e. The maximum Gasteiger partial charge on any atom is 0.268 e. The molecule has 16 aromatic rings. The van der Waals surface area contributed by atoms with Crippen LogP contribution in [-0.4, -0.2) is 30.3 Å². The zero-order valence-corrected chi connectivity index (χ0v) is 58.1. The number of pyridine rings is 1. The molecule has 8 heteroatoms. The summed E-state index contributed by atoms with van der Waals surface area (Å²) in [5, 5.41) is -8.03. The maximum atomic E-state index is 11.6. The Bertz CT molecular complexity index is 7570. The van der Waals surface area contributed by atoms with Crippen LogP contribution in [0.5, 0.6) is 11.5 Å². The Balaban J connectivity index is 0.0000146. The molecule has 5 nitrogen and oxygen atoms in total. The Morgan fingerprint density at radius 3 is 1.52 bits per heavy atom. The van der Waals surface area contributed by atoms with Crippen LogP contribution in [-0.2, 0) is 31.9 Å². The fraction of sp³-hybridized carbons (Fsp3) is 0.0870. The zero-order valence-electron chi connectivity index (χ0n) is 92.8. The van der Waals surface area contributed by atoms with Crippen LogP contribution in [0.15, 0.2) is 339 Å². The number of imidazole rings is 1. The number of hydrogen-bond acceptors (Lipinski definition) is 2. The van der Waals surface area contributed by atoms with Crippen molar-refractivity contribution in [2.75, 3.05) is 0 Å². The monoisotopic (exact) mass is 1540 g/mol. The molecule has 0 amide bonds. The third-order valence-electron chi connectivity index (χ3n) is 17.2. The third-order valence-corrected chi connectivity index (χ3v) is 25.4. The van der Waals surface area contributed by atoms with Gasteiger partial charge in [-0.25, -0.2) is 4.98 Å². The molecule has 0 radical (unpaired) electrons. The number of benzene rings is 13. The zero-order chi connectivity index (χ0) is 101.